The zero-order chi connectivity index (χ0) is 10.3. The Hall–Kier alpha value is -1.84. The Morgan fingerprint density at radius 3 is 3.13 bits per heavy atom. The Kier molecular flexibility index (Phi) is 1.74. The van der Waals surface area contributed by atoms with Crippen molar-refractivity contribution in [3.63, 3.8) is 0 Å². The minimum absolute atomic E-state index is 0.0628. The molecule has 0 aromatic heterocycles. The SMILES string of the molecule is O=C1Nc2ccccc2C2=NCCCN12. The molecular weight excluding hydrogens is 190 g/mol. The molecule has 0 unspecified atom stereocenters. The first-order valence-corrected chi connectivity index (χ1v) is 5.08. The van der Waals surface area contributed by atoms with Crippen molar-refractivity contribution >= 4 is 17.6 Å². The van der Waals surface area contributed by atoms with E-state index in [1.165, 1.54) is 0 Å². The largest absolute Gasteiger partial charge is 0.327 e. The van der Waals surface area contributed by atoms with E-state index in [-0.39, 0.29) is 6.03 Å². The summed E-state index contributed by atoms with van der Waals surface area (Å²) >= 11 is 0. The average molecular weight is 201 g/mol. The number of para-hydroxylation sites is 1. The predicted octanol–water partition coefficient (Wildman–Crippen LogP) is 1.68. The van der Waals surface area contributed by atoms with Gasteiger partial charge in [-0.2, -0.15) is 0 Å². The quantitative estimate of drug-likeness (QED) is 0.682. The van der Waals surface area contributed by atoms with Crippen molar-refractivity contribution in [2.75, 3.05) is 18.4 Å². The Bertz CT molecular complexity index is 453. The number of nitrogens with one attached hydrogen (secondary N) is 1. The Balaban J connectivity index is 2.17. The van der Waals surface area contributed by atoms with Crippen molar-refractivity contribution in [1.29, 1.82) is 0 Å². The average Bonchev–Trinajstić information content (AvgIpc) is 2.30. The van der Waals surface area contributed by atoms with Gasteiger partial charge in [0.05, 0.1) is 5.69 Å². The zero-order valence-electron chi connectivity index (χ0n) is 8.23. The van der Waals surface area contributed by atoms with Crippen LogP contribution in [0, 0.1) is 0 Å². The van der Waals surface area contributed by atoms with Crippen LogP contribution in [0.4, 0.5) is 10.5 Å². The molecule has 0 saturated carbocycles. The lowest BCUT2D eigenvalue weighted by Gasteiger charge is -2.32. The predicted molar refractivity (Wildman–Crippen MR) is 58.2 cm³/mol. The van der Waals surface area contributed by atoms with Gasteiger partial charge < -0.3 is 5.32 Å². The highest BCUT2D eigenvalue weighted by atomic mass is 16.2. The van der Waals surface area contributed by atoms with E-state index in [0.717, 1.165) is 36.6 Å². The summed E-state index contributed by atoms with van der Waals surface area (Å²) in [7, 11) is 0. The van der Waals surface area contributed by atoms with Gasteiger partial charge in [-0.3, -0.25) is 9.89 Å². The monoisotopic (exact) mass is 201 g/mol. The van der Waals surface area contributed by atoms with Crippen LogP contribution < -0.4 is 5.32 Å². The van der Waals surface area contributed by atoms with Crippen LogP contribution in [0.3, 0.4) is 0 Å². The number of anilines is 1. The lowest BCUT2D eigenvalue weighted by atomic mass is 10.1. The minimum atomic E-state index is -0.0628. The van der Waals surface area contributed by atoms with Gasteiger partial charge in [0.15, 0.2) is 0 Å². The number of benzene rings is 1. The molecule has 0 atom stereocenters. The first-order chi connectivity index (χ1) is 7.36. The fourth-order valence-corrected chi connectivity index (χ4v) is 2.00. The third-order valence-electron chi connectivity index (χ3n) is 2.71. The third kappa shape index (κ3) is 1.21. The summed E-state index contributed by atoms with van der Waals surface area (Å²) in [5.41, 5.74) is 1.89. The molecule has 76 valence electrons. The molecule has 0 radical (unpaired) electrons. The Labute approximate surface area is 87.6 Å². The lowest BCUT2D eigenvalue weighted by Crippen LogP contribution is -2.47. The van der Waals surface area contributed by atoms with Crippen molar-refractivity contribution in [1.82, 2.24) is 4.90 Å². The van der Waals surface area contributed by atoms with Crippen LogP contribution in [0.5, 0.6) is 0 Å². The number of carbonyl (C=O) groups is 1. The zero-order valence-corrected chi connectivity index (χ0v) is 8.23. The minimum Gasteiger partial charge on any atom is -0.307 e. The molecule has 2 aliphatic rings. The number of hydrogen-bond donors (Lipinski definition) is 1. The summed E-state index contributed by atoms with van der Waals surface area (Å²) in [6.45, 7) is 1.58. The van der Waals surface area contributed by atoms with Gasteiger partial charge in [-0.05, 0) is 18.6 Å². The van der Waals surface area contributed by atoms with Crippen molar-refractivity contribution in [3.05, 3.63) is 29.8 Å². The number of nitrogens with zero attached hydrogens (tertiary/aromatic N) is 2. The van der Waals surface area contributed by atoms with Crippen molar-refractivity contribution in [3.8, 4) is 0 Å². The van der Waals surface area contributed by atoms with E-state index in [9.17, 15) is 4.79 Å². The number of aliphatic imine (C=N–C) groups is 1. The van der Waals surface area contributed by atoms with Gasteiger partial charge in [0.2, 0.25) is 0 Å². The van der Waals surface area contributed by atoms with Gasteiger partial charge in [-0.1, -0.05) is 12.1 Å². The van der Waals surface area contributed by atoms with Crippen molar-refractivity contribution in [2.45, 2.75) is 6.42 Å². The van der Waals surface area contributed by atoms with Crippen LogP contribution in [0.25, 0.3) is 0 Å². The van der Waals surface area contributed by atoms with Gasteiger partial charge in [-0.25, -0.2) is 4.79 Å². The molecule has 4 nitrogen and oxygen atoms in total. The van der Waals surface area contributed by atoms with Gasteiger partial charge in [0.1, 0.15) is 5.84 Å². The van der Waals surface area contributed by atoms with Crippen LogP contribution in [-0.4, -0.2) is 29.9 Å². The van der Waals surface area contributed by atoms with E-state index >= 15 is 0 Å². The molecule has 2 aliphatic heterocycles. The van der Waals surface area contributed by atoms with Gasteiger partial charge in [-0.15, -0.1) is 0 Å². The smallest absolute Gasteiger partial charge is 0.307 e. The molecule has 1 aromatic carbocycles. The van der Waals surface area contributed by atoms with Crippen molar-refractivity contribution < 1.29 is 4.79 Å². The van der Waals surface area contributed by atoms with E-state index in [1.54, 1.807) is 4.90 Å². The maximum Gasteiger partial charge on any atom is 0.327 e. The number of fused-ring (bicyclic) bond motifs is 3. The first-order valence-electron chi connectivity index (χ1n) is 5.08. The molecular formula is C11H11N3O. The molecule has 2 amide bonds. The number of carbonyl (C=O) groups excluding carboxylic acids is 1. The molecule has 15 heavy (non-hydrogen) atoms. The van der Waals surface area contributed by atoms with Crippen molar-refractivity contribution in [2.24, 2.45) is 4.99 Å². The van der Waals surface area contributed by atoms with E-state index < -0.39 is 0 Å². The third-order valence-corrected chi connectivity index (χ3v) is 2.71. The highest BCUT2D eigenvalue weighted by Gasteiger charge is 2.29. The first kappa shape index (κ1) is 8.47. The number of urea groups is 1. The van der Waals surface area contributed by atoms with Crippen LogP contribution in [0.15, 0.2) is 29.3 Å². The normalized spacial score (nSPS) is 18.8. The fourth-order valence-electron chi connectivity index (χ4n) is 2.00. The second kappa shape index (κ2) is 3.08. The highest BCUT2D eigenvalue weighted by Crippen LogP contribution is 2.25. The van der Waals surface area contributed by atoms with Crippen LogP contribution >= 0.6 is 0 Å². The topological polar surface area (TPSA) is 44.7 Å². The maximum absolute atomic E-state index is 11.7. The highest BCUT2D eigenvalue weighted by molar-refractivity contribution is 6.18. The van der Waals surface area contributed by atoms with E-state index in [1.807, 2.05) is 24.3 Å². The molecule has 0 fully saturated rings. The van der Waals surface area contributed by atoms with Gasteiger partial charge >= 0.3 is 6.03 Å². The lowest BCUT2D eigenvalue weighted by molar-refractivity contribution is 0.231. The molecule has 3 rings (SSSR count). The maximum atomic E-state index is 11.7. The second-order valence-corrected chi connectivity index (χ2v) is 3.69. The molecule has 2 heterocycles. The molecule has 0 spiro atoms. The van der Waals surface area contributed by atoms with Crippen LogP contribution in [-0.2, 0) is 0 Å². The molecule has 1 aromatic rings. The summed E-state index contributed by atoms with van der Waals surface area (Å²) in [6, 6.07) is 7.71. The fraction of sp³-hybridized carbons (Fsp3) is 0.273. The summed E-state index contributed by atoms with van der Waals surface area (Å²) in [5, 5.41) is 2.87. The number of amides is 2. The number of amidine groups is 1. The number of rotatable bonds is 0. The van der Waals surface area contributed by atoms with Crippen LogP contribution in [0.1, 0.15) is 12.0 Å². The second-order valence-electron chi connectivity index (χ2n) is 3.69. The molecule has 4 heteroatoms. The molecule has 0 aliphatic carbocycles. The van der Waals surface area contributed by atoms with Crippen LogP contribution in [0.2, 0.25) is 0 Å². The Morgan fingerprint density at radius 2 is 2.20 bits per heavy atom. The Morgan fingerprint density at radius 1 is 1.33 bits per heavy atom. The van der Waals surface area contributed by atoms with E-state index in [0.29, 0.717) is 0 Å². The van der Waals surface area contributed by atoms with Gasteiger partial charge in [0.25, 0.3) is 0 Å². The summed E-state index contributed by atoms with van der Waals surface area (Å²) < 4.78 is 0. The summed E-state index contributed by atoms with van der Waals surface area (Å²) in [6.07, 6.45) is 0.944. The summed E-state index contributed by atoms with van der Waals surface area (Å²) in [4.78, 5) is 17.9. The molecule has 1 N–H and O–H groups in total. The standard InChI is InChI=1S/C11H11N3O/c15-11-13-9-5-2-1-4-8(9)10-12-6-3-7-14(10)11/h1-2,4-5H,3,6-7H2,(H,13,15). The molecule has 0 bridgehead atoms. The molecule has 0 saturated heterocycles. The number of hydrogen-bond acceptors (Lipinski definition) is 2. The van der Waals surface area contributed by atoms with E-state index in [2.05, 4.69) is 10.3 Å². The van der Waals surface area contributed by atoms with Gasteiger partial charge in [0, 0.05) is 18.7 Å². The summed E-state index contributed by atoms with van der Waals surface area (Å²) in [5.74, 6) is 0.820. The van der Waals surface area contributed by atoms with E-state index in [4.69, 9.17) is 0 Å².